The molecule has 1 aliphatic carbocycles. The van der Waals surface area contributed by atoms with Crippen molar-refractivity contribution in [3.8, 4) is 17.1 Å². The van der Waals surface area contributed by atoms with E-state index in [2.05, 4.69) is 25.5 Å². The molecule has 2 fully saturated rings. The molecule has 0 bridgehead atoms. The predicted octanol–water partition coefficient (Wildman–Crippen LogP) is 3.54. The monoisotopic (exact) mass is 515 g/mol. The molecular formula is C28H33N7O3. The van der Waals surface area contributed by atoms with E-state index in [9.17, 15) is 4.79 Å². The Bertz CT molecular complexity index is 1380. The van der Waals surface area contributed by atoms with Crippen LogP contribution in [0.4, 0.5) is 5.82 Å². The van der Waals surface area contributed by atoms with Crippen LogP contribution in [0.3, 0.4) is 0 Å². The van der Waals surface area contributed by atoms with E-state index in [1.54, 1.807) is 18.5 Å². The van der Waals surface area contributed by atoms with Crippen LogP contribution in [0.2, 0.25) is 0 Å². The summed E-state index contributed by atoms with van der Waals surface area (Å²) in [7, 11) is 2.02. The van der Waals surface area contributed by atoms with E-state index in [4.69, 9.17) is 25.2 Å². The smallest absolute Gasteiger partial charge is 0.162 e. The fraction of sp³-hybridized carbons (Fsp3) is 0.464. The Labute approximate surface area is 221 Å². The van der Waals surface area contributed by atoms with E-state index < -0.39 is 0 Å². The number of piperidine rings is 1. The molecule has 0 amide bonds. The van der Waals surface area contributed by atoms with Crippen molar-refractivity contribution >= 4 is 28.7 Å². The van der Waals surface area contributed by atoms with Crippen molar-refractivity contribution in [1.29, 1.82) is 0 Å². The van der Waals surface area contributed by atoms with Gasteiger partial charge in [0, 0.05) is 32.8 Å². The molecule has 3 aliphatic rings. The number of nitrogens with two attached hydrogens (primary N) is 1. The van der Waals surface area contributed by atoms with Crippen molar-refractivity contribution in [2.24, 2.45) is 12.5 Å². The van der Waals surface area contributed by atoms with Gasteiger partial charge >= 0.3 is 0 Å². The van der Waals surface area contributed by atoms with Gasteiger partial charge in [0.1, 0.15) is 30.2 Å². The number of aryl methyl sites for hydroxylation is 1. The van der Waals surface area contributed by atoms with Crippen molar-refractivity contribution in [2.75, 3.05) is 32.0 Å². The number of anilines is 1. The van der Waals surface area contributed by atoms with E-state index in [0.717, 1.165) is 80.2 Å². The molecule has 0 radical (unpaired) electrons. The molecule has 2 aliphatic heterocycles. The largest absolute Gasteiger partial charge is 0.485 e. The van der Waals surface area contributed by atoms with Crippen molar-refractivity contribution in [3.63, 3.8) is 0 Å². The number of carbonyl (C=O) groups is 1. The molecule has 1 spiro atoms. The molecule has 0 saturated carbocycles. The summed E-state index contributed by atoms with van der Waals surface area (Å²) in [6, 6.07) is 0. The molecule has 6 rings (SSSR count). The highest BCUT2D eigenvalue weighted by Gasteiger charge is 2.36. The zero-order valence-corrected chi connectivity index (χ0v) is 21.7. The number of fused-ring (bicyclic) bond motifs is 1. The normalized spacial score (nSPS) is 21.3. The number of hydrogen-bond donors (Lipinski definition) is 1. The zero-order valence-electron chi connectivity index (χ0n) is 21.7. The Morgan fingerprint density at radius 1 is 1.16 bits per heavy atom. The summed E-state index contributed by atoms with van der Waals surface area (Å²) in [6.45, 7) is 3.27. The Morgan fingerprint density at radius 2 is 1.97 bits per heavy atom. The molecule has 10 heteroatoms. The first-order valence-corrected chi connectivity index (χ1v) is 13.3. The Hall–Kier alpha value is -3.79. The van der Waals surface area contributed by atoms with Gasteiger partial charge in [0.2, 0.25) is 0 Å². The van der Waals surface area contributed by atoms with Gasteiger partial charge in [-0.3, -0.25) is 4.79 Å². The third-order valence-electron chi connectivity index (χ3n) is 8.28. The first-order chi connectivity index (χ1) is 18.6. The van der Waals surface area contributed by atoms with Crippen LogP contribution in [0.25, 0.3) is 28.0 Å². The fourth-order valence-electron chi connectivity index (χ4n) is 6.09. The third kappa shape index (κ3) is 4.53. The highest BCUT2D eigenvalue weighted by Crippen LogP contribution is 2.48. The van der Waals surface area contributed by atoms with E-state index in [1.165, 1.54) is 11.9 Å². The van der Waals surface area contributed by atoms with Gasteiger partial charge in [-0.15, -0.1) is 0 Å². The SMILES string of the molecule is Cn1c(C2=CCC3(CC2)CCN(C=CC=O)CC3)c(-c2ncc(O[C@H]3CCOC3)cn2)c2c(N)ncnc21. The summed E-state index contributed by atoms with van der Waals surface area (Å²) >= 11 is 0. The van der Waals surface area contributed by atoms with Gasteiger partial charge in [-0.05, 0) is 49.2 Å². The zero-order chi connectivity index (χ0) is 26.1. The number of ether oxygens (including phenoxy) is 2. The standard InChI is InChI=1S/C28H33N7O3/c1-34-24(19-3-6-28(7-4-19)8-11-35(12-9-28)10-2-13-36)22(23-25(29)32-18-33-27(23)34)26-30-15-21(16-31-26)38-20-5-14-37-17-20/h2-3,10,13,15-16,18,20H,4-9,11-12,14,17H2,1H3,(H2,29,32,33)/t20-/m0/s1. The first-order valence-electron chi connectivity index (χ1n) is 13.3. The van der Waals surface area contributed by atoms with Crippen molar-refractivity contribution in [2.45, 2.75) is 44.6 Å². The number of aromatic nitrogens is 5. The van der Waals surface area contributed by atoms with Crippen LogP contribution in [0.15, 0.2) is 37.1 Å². The summed E-state index contributed by atoms with van der Waals surface area (Å²) in [5.74, 6) is 1.63. The van der Waals surface area contributed by atoms with Crippen LogP contribution in [0.5, 0.6) is 5.75 Å². The van der Waals surface area contributed by atoms with Crippen molar-refractivity contribution < 1.29 is 14.3 Å². The van der Waals surface area contributed by atoms with Gasteiger partial charge in [0.25, 0.3) is 0 Å². The van der Waals surface area contributed by atoms with Crippen LogP contribution in [-0.2, 0) is 16.6 Å². The lowest BCUT2D eigenvalue weighted by atomic mass is 9.68. The van der Waals surface area contributed by atoms with Crippen LogP contribution in [0.1, 0.15) is 44.2 Å². The first kappa shape index (κ1) is 24.5. The highest BCUT2D eigenvalue weighted by molar-refractivity contribution is 6.04. The van der Waals surface area contributed by atoms with Gasteiger partial charge in [-0.1, -0.05) is 6.08 Å². The van der Waals surface area contributed by atoms with Crippen LogP contribution in [0, 0.1) is 5.41 Å². The summed E-state index contributed by atoms with van der Waals surface area (Å²) in [6.07, 6.45) is 17.9. The van der Waals surface area contributed by atoms with E-state index in [-0.39, 0.29) is 6.10 Å². The average Bonchev–Trinajstić information content (AvgIpc) is 3.56. The minimum atomic E-state index is 0.0363. The molecule has 5 heterocycles. The number of hydrogen-bond acceptors (Lipinski definition) is 9. The minimum Gasteiger partial charge on any atom is -0.485 e. The Kier molecular flexibility index (Phi) is 6.57. The number of nitrogens with zero attached hydrogens (tertiary/aromatic N) is 6. The minimum absolute atomic E-state index is 0.0363. The van der Waals surface area contributed by atoms with Gasteiger partial charge in [-0.25, -0.2) is 19.9 Å². The summed E-state index contributed by atoms with van der Waals surface area (Å²) in [5.41, 5.74) is 10.6. The van der Waals surface area contributed by atoms with Gasteiger partial charge in [-0.2, -0.15) is 0 Å². The molecule has 1 atom stereocenters. The second-order valence-corrected chi connectivity index (χ2v) is 10.5. The van der Waals surface area contributed by atoms with Crippen LogP contribution < -0.4 is 10.5 Å². The molecule has 0 unspecified atom stereocenters. The summed E-state index contributed by atoms with van der Waals surface area (Å²) < 4.78 is 13.5. The molecule has 2 saturated heterocycles. The number of aldehydes is 1. The van der Waals surface area contributed by atoms with Gasteiger partial charge in [0.15, 0.2) is 11.6 Å². The molecule has 3 aromatic rings. The third-order valence-corrected chi connectivity index (χ3v) is 8.28. The number of rotatable bonds is 6. The Morgan fingerprint density at radius 3 is 2.66 bits per heavy atom. The number of likely N-dealkylation sites (tertiary alicyclic amines) is 1. The second-order valence-electron chi connectivity index (χ2n) is 10.5. The van der Waals surface area contributed by atoms with Crippen LogP contribution >= 0.6 is 0 Å². The van der Waals surface area contributed by atoms with Gasteiger partial charge < -0.3 is 24.7 Å². The van der Waals surface area contributed by atoms with E-state index in [0.29, 0.717) is 36.0 Å². The quantitative estimate of drug-likeness (QED) is 0.388. The molecule has 2 N–H and O–H groups in total. The van der Waals surface area contributed by atoms with E-state index >= 15 is 0 Å². The number of nitrogen functional groups attached to an aromatic ring is 1. The second kappa shape index (κ2) is 10.2. The van der Waals surface area contributed by atoms with Gasteiger partial charge in [0.05, 0.1) is 42.3 Å². The lowest BCUT2D eigenvalue weighted by Gasteiger charge is -2.43. The lowest BCUT2D eigenvalue weighted by Crippen LogP contribution is -2.38. The predicted molar refractivity (Wildman–Crippen MR) is 144 cm³/mol. The molecule has 0 aromatic carbocycles. The molecule has 198 valence electrons. The maximum Gasteiger partial charge on any atom is 0.162 e. The maximum absolute atomic E-state index is 10.7. The number of allylic oxidation sites excluding steroid dienone is 3. The number of carbonyl (C=O) groups excluding carboxylic acids is 1. The average molecular weight is 516 g/mol. The lowest BCUT2D eigenvalue weighted by molar-refractivity contribution is -0.104. The highest BCUT2D eigenvalue weighted by atomic mass is 16.5. The van der Waals surface area contributed by atoms with Crippen molar-refractivity contribution in [3.05, 3.63) is 42.8 Å². The van der Waals surface area contributed by atoms with Crippen LogP contribution in [-0.4, -0.2) is 68.1 Å². The molecular weight excluding hydrogens is 482 g/mol. The summed E-state index contributed by atoms with van der Waals surface area (Å²) in [5, 5.41) is 0.777. The van der Waals surface area contributed by atoms with Crippen molar-refractivity contribution in [1.82, 2.24) is 29.4 Å². The molecule has 10 nitrogen and oxygen atoms in total. The summed E-state index contributed by atoms with van der Waals surface area (Å²) in [4.78, 5) is 31.2. The molecule has 3 aromatic heterocycles. The fourth-order valence-corrected chi connectivity index (χ4v) is 6.09. The molecule has 38 heavy (non-hydrogen) atoms. The maximum atomic E-state index is 10.7. The Balaban J connectivity index is 1.32. The topological polar surface area (TPSA) is 121 Å². The van der Waals surface area contributed by atoms with E-state index in [1.807, 2.05) is 13.2 Å².